The summed E-state index contributed by atoms with van der Waals surface area (Å²) in [6.07, 6.45) is -0.423. The van der Waals surface area contributed by atoms with Gasteiger partial charge in [0.1, 0.15) is 30.2 Å². The molecule has 0 saturated heterocycles. The third kappa shape index (κ3) is 4.88. The van der Waals surface area contributed by atoms with E-state index in [1.807, 2.05) is 0 Å². The van der Waals surface area contributed by atoms with Gasteiger partial charge in [-0.2, -0.15) is 0 Å². The summed E-state index contributed by atoms with van der Waals surface area (Å²) in [5, 5.41) is -0.683. The Morgan fingerprint density at radius 2 is 1.79 bits per heavy atom. The third-order valence-corrected chi connectivity index (χ3v) is 12.5. The first-order valence-electron chi connectivity index (χ1n) is 14.3. The van der Waals surface area contributed by atoms with Gasteiger partial charge in [-0.05, 0) is 69.6 Å². The van der Waals surface area contributed by atoms with Crippen molar-refractivity contribution in [2.75, 3.05) is 25.6 Å². The molecule has 0 aromatic carbocycles. The van der Waals surface area contributed by atoms with Gasteiger partial charge in [-0.15, -0.1) is 0 Å². The Labute approximate surface area is 249 Å². The van der Waals surface area contributed by atoms with Crippen molar-refractivity contribution < 1.29 is 50.6 Å². The molecule has 0 heterocycles. The quantitative estimate of drug-likeness (QED) is 0.202. The summed E-state index contributed by atoms with van der Waals surface area (Å²) in [5.41, 5.74) is -7.09. The van der Waals surface area contributed by atoms with Crippen LogP contribution in [0.4, 0.5) is 13.2 Å². The minimum atomic E-state index is -3.85. The maximum atomic E-state index is 18.1. The molecule has 3 fully saturated rings. The first kappa shape index (κ1) is 33.4. The zero-order valence-electron chi connectivity index (χ0n) is 24.8. The highest BCUT2D eigenvalue weighted by Gasteiger charge is 2.78. The number of halogens is 3. The number of allylic oxidation sites excluding steroid dienone is 4. The number of alkyl halides is 3. The highest BCUT2D eigenvalue weighted by Crippen LogP contribution is 2.73. The summed E-state index contributed by atoms with van der Waals surface area (Å²) < 4.78 is 83.9. The van der Waals surface area contributed by atoms with Crippen LogP contribution >= 0.6 is 19.4 Å². The minimum Gasteiger partial charge on any atom is -0.459 e. The molecule has 0 aromatic heterocycles. The smallest absolute Gasteiger partial charge is 0.356 e. The molecule has 4 rings (SSSR count). The van der Waals surface area contributed by atoms with Crippen molar-refractivity contribution in [2.24, 2.45) is 28.6 Å². The number of carbonyl (C=O) groups excluding carboxylic acids is 3. The van der Waals surface area contributed by atoms with Crippen molar-refractivity contribution >= 4 is 36.2 Å². The van der Waals surface area contributed by atoms with E-state index in [0.717, 1.165) is 13.0 Å². The van der Waals surface area contributed by atoms with Crippen LogP contribution in [0, 0.1) is 28.6 Å². The second-order valence-corrected chi connectivity index (χ2v) is 14.9. The van der Waals surface area contributed by atoms with E-state index in [9.17, 15) is 23.3 Å². The summed E-state index contributed by atoms with van der Waals surface area (Å²) in [6.45, 7) is 9.39. The van der Waals surface area contributed by atoms with E-state index < -0.39 is 88.9 Å². The molecule has 8 nitrogen and oxygen atoms in total. The molecule has 42 heavy (non-hydrogen) atoms. The van der Waals surface area contributed by atoms with E-state index in [1.165, 1.54) is 19.1 Å². The molecule has 0 aliphatic heterocycles. The molecule has 3 saturated carbocycles. The number of hydrogen-bond acceptors (Lipinski definition) is 9. The van der Waals surface area contributed by atoms with Crippen LogP contribution in [0.5, 0.6) is 0 Å². The van der Waals surface area contributed by atoms with Crippen LogP contribution in [-0.2, 0) is 37.5 Å². The maximum Gasteiger partial charge on any atom is 0.356 e. The van der Waals surface area contributed by atoms with E-state index in [-0.39, 0.29) is 38.0 Å². The van der Waals surface area contributed by atoms with Gasteiger partial charge in [0.15, 0.2) is 11.5 Å². The van der Waals surface area contributed by atoms with Crippen molar-refractivity contribution in [1.29, 1.82) is 0 Å². The second-order valence-electron chi connectivity index (χ2n) is 12.1. The number of thioether (sulfide) groups is 1. The molecule has 0 unspecified atom stereocenters. The molecule has 0 aromatic rings. The number of fused-ring (bicyclic) bond motifs is 5. The molecular weight excluding hydrogens is 596 g/mol. The molecule has 0 amide bonds. The van der Waals surface area contributed by atoms with Gasteiger partial charge in [0.25, 0.3) is 0 Å². The highest BCUT2D eigenvalue weighted by atomic mass is 32.2. The Morgan fingerprint density at radius 3 is 2.36 bits per heavy atom. The summed E-state index contributed by atoms with van der Waals surface area (Å²) in [6, 6.07) is -1.06. The van der Waals surface area contributed by atoms with Crippen molar-refractivity contribution in [3.63, 3.8) is 0 Å². The van der Waals surface area contributed by atoms with E-state index in [4.69, 9.17) is 18.5 Å². The fourth-order valence-electron chi connectivity index (χ4n) is 8.46. The summed E-state index contributed by atoms with van der Waals surface area (Å²) in [5.74, 6) is -3.64. The lowest BCUT2D eigenvalue weighted by Gasteiger charge is -2.63. The highest BCUT2D eigenvalue weighted by molar-refractivity contribution is 8.13. The van der Waals surface area contributed by atoms with Gasteiger partial charge in [0.05, 0.1) is 13.2 Å². The van der Waals surface area contributed by atoms with Crippen LogP contribution in [0.25, 0.3) is 0 Å². The van der Waals surface area contributed by atoms with Crippen LogP contribution in [0.3, 0.4) is 0 Å². The molecule has 0 N–H and O–H groups in total. The first-order chi connectivity index (χ1) is 19.6. The van der Waals surface area contributed by atoms with Gasteiger partial charge in [-0.1, -0.05) is 31.7 Å². The monoisotopic (exact) mass is 636 g/mol. The molecule has 0 spiro atoms. The van der Waals surface area contributed by atoms with Gasteiger partial charge in [0, 0.05) is 23.7 Å². The molecule has 0 bridgehead atoms. The fourth-order valence-corrected chi connectivity index (χ4v) is 10.6. The van der Waals surface area contributed by atoms with Crippen molar-refractivity contribution in [3.8, 4) is 0 Å². The number of rotatable bonds is 10. The maximum absolute atomic E-state index is 18.1. The number of ketones is 1. The Kier molecular flexibility index (Phi) is 9.40. The molecule has 9 atom stereocenters. The van der Waals surface area contributed by atoms with Crippen molar-refractivity contribution in [3.05, 3.63) is 23.8 Å². The number of hydrogen-bond donors (Lipinski definition) is 0. The molecular formula is C29H40F3O8PS. The van der Waals surface area contributed by atoms with Crippen molar-refractivity contribution in [1.82, 2.24) is 0 Å². The predicted molar refractivity (Wildman–Crippen MR) is 151 cm³/mol. The Morgan fingerprint density at radius 1 is 1.14 bits per heavy atom. The minimum absolute atomic E-state index is 0.0125. The average molecular weight is 637 g/mol. The van der Waals surface area contributed by atoms with Crippen LogP contribution in [0.1, 0.15) is 60.8 Å². The summed E-state index contributed by atoms with van der Waals surface area (Å²) >= 11 is 0.389. The normalized spacial score (nSPS) is 41.0. The lowest BCUT2D eigenvalue weighted by atomic mass is 9.44. The van der Waals surface area contributed by atoms with Crippen molar-refractivity contribution in [2.45, 2.75) is 84.4 Å². The lowest BCUT2D eigenvalue weighted by Crippen LogP contribution is -2.71. The van der Waals surface area contributed by atoms with Crippen LogP contribution in [0.2, 0.25) is 0 Å². The fraction of sp³-hybridized carbons (Fsp3) is 0.759. The second kappa shape index (κ2) is 11.8. The van der Waals surface area contributed by atoms with Gasteiger partial charge in [-0.25, -0.2) is 13.2 Å². The Balaban J connectivity index is 1.89. The summed E-state index contributed by atoms with van der Waals surface area (Å²) in [7, 11) is -3.85. The largest absolute Gasteiger partial charge is 0.459 e. The lowest BCUT2D eigenvalue weighted by molar-refractivity contribution is -0.235. The molecule has 0 radical (unpaired) electrons. The predicted octanol–water partition coefficient (Wildman–Crippen LogP) is 6.29. The van der Waals surface area contributed by atoms with Gasteiger partial charge in [0.2, 0.25) is 5.12 Å². The van der Waals surface area contributed by atoms with Crippen LogP contribution in [-0.4, -0.2) is 66.0 Å². The first-order valence-corrected chi connectivity index (χ1v) is 17.0. The van der Waals surface area contributed by atoms with E-state index in [2.05, 4.69) is 0 Å². The summed E-state index contributed by atoms with van der Waals surface area (Å²) in [4.78, 5) is 38.5. The van der Waals surface area contributed by atoms with Crippen LogP contribution in [0.15, 0.2) is 23.8 Å². The average Bonchev–Trinajstić information content (AvgIpc) is 3.12. The van der Waals surface area contributed by atoms with Gasteiger partial charge < -0.3 is 18.5 Å². The molecule has 4 aliphatic carbocycles. The van der Waals surface area contributed by atoms with Crippen LogP contribution < -0.4 is 0 Å². The van der Waals surface area contributed by atoms with E-state index in [0.29, 0.717) is 11.8 Å². The zero-order valence-corrected chi connectivity index (χ0v) is 26.5. The Hall–Kier alpha value is -1.46. The number of esters is 1. The standard InChI is InChI=1S/C29H40F3O8PS/c1-7-38-41(36,39-8-2)16-37-29(25(35)42-15-30)17(3)11-20-21-13-23(31)22-12-19(34)9-10-26(22,5)28(21,32)24(40-18(4)33)14-27(20,29)6/h9-10,12,17,20-21,23-24H,7-8,11,13-16H2,1-6H3/t17-,20+,21+,23+,24+,26+,27+,28+,29+/m1/s1. The molecule has 236 valence electrons. The number of ether oxygens (including phenoxy) is 2. The molecule has 13 heteroatoms. The Bertz CT molecular complexity index is 1220. The zero-order chi connectivity index (χ0) is 31.3. The third-order valence-electron chi connectivity index (χ3n) is 10.0. The van der Waals surface area contributed by atoms with E-state index in [1.54, 1.807) is 27.7 Å². The number of carbonyl (C=O) groups is 3. The van der Waals surface area contributed by atoms with Gasteiger partial charge in [-0.3, -0.25) is 18.9 Å². The molecule has 4 aliphatic rings. The SMILES string of the molecule is CCOP(=O)(CO[C@]1(C(=O)SCF)[C@H](C)C[C@H]2[C@@H]3C[C@H](F)C4=CC(=O)C=C[C@]4(C)[C@@]3(F)[C@@H](OC(C)=O)C[C@@]21C)OCC. The van der Waals surface area contributed by atoms with E-state index >= 15 is 8.78 Å². The topological polar surface area (TPSA) is 105 Å². The van der Waals surface area contributed by atoms with Gasteiger partial charge >= 0.3 is 13.6 Å².